The quantitative estimate of drug-likeness (QED) is 0.299. The van der Waals surface area contributed by atoms with Crippen LogP contribution in [0.2, 0.25) is 5.02 Å². The van der Waals surface area contributed by atoms with Gasteiger partial charge in [0.2, 0.25) is 0 Å². The molecule has 4 rings (SSSR count). The Balaban J connectivity index is 1.51. The van der Waals surface area contributed by atoms with Gasteiger partial charge in [0, 0.05) is 65.8 Å². The second-order valence-corrected chi connectivity index (χ2v) is 9.58. The van der Waals surface area contributed by atoms with Crippen LogP contribution in [0, 0.1) is 0 Å². The lowest BCUT2D eigenvalue weighted by Crippen LogP contribution is -2.44. The molecule has 0 aliphatic carbocycles. The van der Waals surface area contributed by atoms with Crippen LogP contribution < -0.4 is 21.1 Å². The number of halogens is 1. The average Bonchev–Trinajstić information content (AvgIpc) is 2.94. The fourth-order valence-corrected chi connectivity index (χ4v) is 4.88. The molecule has 1 aromatic heterocycles. The molecular weight excluding hydrogens is 502 g/mol. The van der Waals surface area contributed by atoms with Crippen LogP contribution in [0.25, 0.3) is 17.2 Å². The first-order chi connectivity index (χ1) is 18.4. The second kappa shape index (κ2) is 12.2. The van der Waals surface area contributed by atoms with E-state index in [9.17, 15) is 9.59 Å². The Bertz CT molecular complexity index is 1360. The minimum absolute atomic E-state index is 0.190. The maximum Gasteiger partial charge on any atom is 0.337 e. The zero-order valence-corrected chi connectivity index (χ0v) is 22.8. The smallest absolute Gasteiger partial charge is 0.337 e. The van der Waals surface area contributed by atoms with Gasteiger partial charge in [-0.25, -0.2) is 4.79 Å². The molecule has 9 heteroatoms. The second-order valence-electron chi connectivity index (χ2n) is 9.17. The normalized spacial score (nSPS) is 13.7. The third kappa shape index (κ3) is 5.87. The SMILES string of the molecule is C=Cc1cc(-c2ccc(C(=O)OC)cc2Cl)c(=O)n(CC)c1NCNc1ccc(N2CCN(C)CC2)cc1. The molecule has 200 valence electrons. The summed E-state index contributed by atoms with van der Waals surface area (Å²) in [6.07, 6.45) is 1.71. The largest absolute Gasteiger partial charge is 0.465 e. The molecule has 2 heterocycles. The van der Waals surface area contributed by atoms with E-state index in [1.807, 2.05) is 6.92 Å². The van der Waals surface area contributed by atoms with Crippen molar-refractivity contribution in [2.24, 2.45) is 0 Å². The standard InChI is InChI=1S/C29H34ClN5O3/c1-5-20-17-25(24-12-7-21(18-26(24)30)29(37)38-4)28(36)35(6-2)27(20)32-19-31-22-8-10-23(11-9-22)34-15-13-33(3)14-16-34/h5,7-12,17-18,31-32H,1,6,13-16,19H2,2-4H3. The number of hydrogen-bond acceptors (Lipinski definition) is 7. The number of nitrogens with one attached hydrogen (secondary N) is 2. The Labute approximate surface area is 228 Å². The van der Waals surface area contributed by atoms with E-state index in [1.54, 1.807) is 28.8 Å². The molecule has 8 nitrogen and oxygen atoms in total. The maximum atomic E-state index is 13.5. The number of carbonyl (C=O) groups excluding carboxylic acids is 1. The first-order valence-electron chi connectivity index (χ1n) is 12.7. The predicted molar refractivity (Wildman–Crippen MR) is 157 cm³/mol. The van der Waals surface area contributed by atoms with E-state index in [1.165, 1.54) is 18.9 Å². The lowest BCUT2D eigenvalue weighted by atomic mass is 10.0. The van der Waals surface area contributed by atoms with Crippen molar-refractivity contribution in [2.45, 2.75) is 13.5 Å². The van der Waals surface area contributed by atoms with Gasteiger partial charge >= 0.3 is 5.97 Å². The highest BCUT2D eigenvalue weighted by molar-refractivity contribution is 6.33. The van der Waals surface area contributed by atoms with Crippen molar-refractivity contribution in [3.8, 4) is 11.1 Å². The minimum atomic E-state index is -0.489. The molecule has 1 aliphatic heterocycles. The number of benzene rings is 2. The molecular formula is C29H34ClN5O3. The van der Waals surface area contributed by atoms with E-state index in [-0.39, 0.29) is 5.56 Å². The summed E-state index contributed by atoms with van der Waals surface area (Å²) in [5.74, 6) is 0.178. The Hall–Kier alpha value is -3.75. The van der Waals surface area contributed by atoms with Gasteiger partial charge in [-0.15, -0.1) is 0 Å². The van der Waals surface area contributed by atoms with E-state index >= 15 is 0 Å². The minimum Gasteiger partial charge on any atom is -0.465 e. The van der Waals surface area contributed by atoms with Crippen molar-refractivity contribution in [3.05, 3.63) is 81.6 Å². The molecule has 0 saturated carbocycles. The Morgan fingerprint density at radius 2 is 1.76 bits per heavy atom. The Morgan fingerprint density at radius 3 is 2.37 bits per heavy atom. The van der Waals surface area contributed by atoms with Crippen LogP contribution in [0.4, 0.5) is 17.2 Å². The Kier molecular flexibility index (Phi) is 8.76. The van der Waals surface area contributed by atoms with Crippen LogP contribution in [0.5, 0.6) is 0 Å². The molecule has 0 unspecified atom stereocenters. The lowest BCUT2D eigenvalue weighted by molar-refractivity contribution is 0.0600. The number of piperazine rings is 1. The number of rotatable bonds is 9. The van der Waals surface area contributed by atoms with Gasteiger partial charge in [0.1, 0.15) is 5.82 Å². The number of hydrogen-bond donors (Lipinski definition) is 2. The molecule has 2 aromatic carbocycles. The predicted octanol–water partition coefficient (Wildman–Crippen LogP) is 4.85. The number of pyridine rings is 1. The number of esters is 1. The molecule has 0 bridgehead atoms. The van der Waals surface area contributed by atoms with Gasteiger partial charge in [-0.3, -0.25) is 9.36 Å². The van der Waals surface area contributed by atoms with Crippen LogP contribution in [0.15, 0.2) is 59.9 Å². The van der Waals surface area contributed by atoms with Crippen molar-refractivity contribution in [2.75, 3.05) is 62.5 Å². The Morgan fingerprint density at radius 1 is 1.05 bits per heavy atom. The van der Waals surface area contributed by atoms with Crippen molar-refractivity contribution < 1.29 is 9.53 Å². The molecule has 0 spiro atoms. The summed E-state index contributed by atoms with van der Waals surface area (Å²) in [6, 6.07) is 15.0. The summed E-state index contributed by atoms with van der Waals surface area (Å²) in [5, 5.41) is 7.03. The van der Waals surface area contributed by atoms with Gasteiger partial charge in [0.15, 0.2) is 0 Å². The van der Waals surface area contributed by atoms with Gasteiger partial charge in [-0.1, -0.05) is 30.3 Å². The van der Waals surface area contributed by atoms with E-state index in [4.69, 9.17) is 16.3 Å². The van der Waals surface area contributed by atoms with Crippen LogP contribution >= 0.6 is 11.6 Å². The number of anilines is 3. The third-order valence-corrected chi connectivity index (χ3v) is 7.13. The van der Waals surface area contributed by atoms with Crippen molar-refractivity contribution in [1.29, 1.82) is 0 Å². The number of nitrogens with zero attached hydrogens (tertiary/aromatic N) is 3. The van der Waals surface area contributed by atoms with Crippen molar-refractivity contribution >= 4 is 40.8 Å². The lowest BCUT2D eigenvalue weighted by Gasteiger charge is -2.34. The monoisotopic (exact) mass is 535 g/mol. The highest BCUT2D eigenvalue weighted by Gasteiger charge is 2.18. The maximum absolute atomic E-state index is 13.5. The van der Waals surface area contributed by atoms with E-state index in [0.717, 1.165) is 37.4 Å². The van der Waals surface area contributed by atoms with Gasteiger partial charge < -0.3 is 25.2 Å². The fourth-order valence-electron chi connectivity index (χ4n) is 4.60. The van der Waals surface area contributed by atoms with Crippen LogP contribution in [-0.2, 0) is 11.3 Å². The van der Waals surface area contributed by atoms with E-state index in [0.29, 0.717) is 40.7 Å². The summed E-state index contributed by atoms with van der Waals surface area (Å²) < 4.78 is 6.42. The summed E-state index contributed by atoms with van der Waals surface area (Å²) in [6.45, 7) is 10.9. The number of aromatic nitrogens is 1. The van der Waals surface area contributed by atoms with Crippen molar-refractivity contribution in [3.63, 3.8) is 0 Å². The summed E-state index contributed by atoms with van der Waals surface area (Å²) in [5.41, 5.74) is 4.07. The van der Waals surface area contributed by atoms with E-state index in [2.05, 4.69) is 58.3 Å². The van der Waals surface area contributed by atoms with Crippen molar-refractivity contribution in [1.82, 2.24) is 9.47 Å². The van der Waals surface area contributed by atoms with E-state index < -0.39 is 5.97 Å². The number of likely N-dealkylation sites (N-methyl/N-ethyl adjacent to an activating group) is 1. The van der Waals surface area contributed by atoms with Crippen LogP contribution in [0.3, 0.4) is 0 Å². The summed E-state index contributed by atoms with van der Waals surface area (Å²) in [4.78, 5) is 30.1. The first kappa shape index (κ1) is 27.3. The molecule has 0 amide bonds. The van der Waals surface area contributed by atoms with Gasteiger partial charge in [0.25, 0.3) is 5.56 Å². The number of carbonyl (C=O) groups is 1. The zero-order valence-electron chi connectivity index (χ0n) is 22.1. The molecule has 3 aromatic rings. The number of methoxy groups -OCH3 is 1. The molecule has 1 aliphatic rings. The number of ether oxygens (including phenoxy) is 1. The molecule has 0 atom stereocenters. The summed E-state index contributed by atoms with van der Waals surface area (Å²) in [7, 11) is 3.46. The first-order valence-corrected chi connectivity index (χ1v) is 13.0. The van der Waals surface area contributed by atoms with Gasteiger partial charge in [-0.05, 0) is 56.4 Å². The van der Waals surface area contributed by atoms with Crippen LogP contribution in [-0.4, -0.2) is 62.4 Å². The highest BCUT2D eigenvalue weighted by atomic mass is 35.5. The fraction of sp³-hybridized carbons (Fsp3) is 0.310. The molecule has 1 fully saturated rings. The molecule has 1 saturated heterocycles. The molecule has 2 N–H and O–H groups in total. The highest BCUT2D eigenvalue weighted by Crippen LogP contribution is 2.30. The zero-order chi connectivity index (χ0) is 27.2. The average molecular weight is 536 g/mol. The van der Waals surface area contributed by atoms with Crippen LogP contribution in [0.1, 0.15) is 22.8 Å². The molecule has 38 heavy (non-hydrogen) atoms. The molecule has 0 radical (unpaired) electrons. The third-order valence-electron chi connectivity index (χ3n) is 6.82. The topological polar surface area (TPSA) is 78.8 Å². The van der Waals surface area contributed by atoms with Gasteiger partial charge in [-0.2, -0.15) is 0 Å². The van der Waals surface area contributed by atoms with Gasteiger partial charge in [0.05, 0.1) is 19.3 Å². The summed E-state index contributed by atoms with van der Waals surface area (Å²) >= 11 is 6.47.